The summed E-state index contributed by atoms with van der Waals surface area (Å²) in [6, 6.07) is 9.37. The average Bonchev–Trinajstić information content (AvgIpc) is 2.66. The maximum absolute atomic E-state index is 12.8. The number of nitrogens with zero attached hydrogens (tertiary/aromatic N) is 1. The standard InChI is InChI=1S/C22H29N3O3/c1-6-27-18-12-22(23,21(18,4)5)20(26)25-16-8-10-19(24-13-16)28-17-9-7-14(2)15(3)11-17/h7-11,13,18H,6,12,23H2,1-5H3,(H,25,26). The number of hydrogen-bond donors (Lipinski definition) is 2. The Bertz CT molecular complexity index is 864. The smallest absolute Gasteiger partial charge is 0.245 e. The minimum atomic E-state index is -0.971. The molecule has 0 radical (unpaired) electrons. The highest BCUT2D eigenvalue weighted by atomic mass is 16.5. The van der Waals surface area contributed by atoms with Crippen molar-refractivity contribution < 1.29 is 14.3 Å². The van der Waals surface area contributed by atoms with Gasteiger partial charge in [0.1, 0.15) is 11.3 Å². The molecule has 1 saturated carbocycles. The van der Waals surface area contributed by atoms with Crippen molar-refractivity contribution in [3.05, 3.63) is 47.7 Å². The second-order valence-electron chi connectivity index (χ2n) is 8.03. The van der Waals surface area contributed by atoms with Crippen molar-refractivity contribution in [3.8, 4) is 11.6 Å². The molecule has 150 valence electrons. The predicted molar refractivity (Wildman–Crippen MR) is 110 cm³/mol. The van der Waals surface area contributed by atoms with E-state index in [1.54, 1.807) is 18.3 Å². The van der Waals surface area contributed by atoms with Gasteiger partial charge in [0.25, 0.3) is 0 Å². The van der Waals surface area contributed by atoms with Gasteiger partial charge in [-0.15, -0.1) is 0 Å². The fourth-order valence-corrected chi connectivity index (χ4v) is 3.48. The van der Waals surface area contributed by atoms with Crippen molar-refractivity contribution >= 4 is 11.6 Å². The quantitative estimate of drug-likeness (QED) is 0.788. The fourth-order valence-electron chi connectivity index (χ4n) is 3.48. The number of nitrogens with two attached hydrogens (primary N) is 1. The summed E-state index contributed by atoms with van der Waals surface area (Å²) in [5.74, 6) is 0.966. The molecule has 28 heavy (non-hydrogen) atoms. The fraction of sp³-hybridized carbons (Fsp3) is 0.455. The van der Waals surface area contributed by atoms with Crippen molar-refractivity contribution in [2.45, 2.75) is 52.7 Å². The van der Waals surface area contributed by atoms with Crippen molar-refractivity contribution in [2.24, 2.45) is 11.1 Å². The summed E-state index contributed by atoms with van der Waals surface area (Å²) in [6.45, 7) is 10.6. The number of benzene rings is 1. The summed E-state index contributed by atoms with van der Waals surface area (Å²) in [6.07, 6.45) is 2.06. The topological polar surface area (TPSA) is 86.5 Å². The first-order chi connectivity index (χ1) is 13.2. The Kier molecular flexibility index (Phi) is 5.46. The Morgan fingerprint density at radius 3 is 2.57 bits per heavy atom. The molecule has 1 amide bonds. The molecule has 0 spiro atoms. The molecule has 1 aliphatic rings. The van der Waals surface area contributed by atoms with Crippen molar-refractivity contribution in [2.75, 3.05) is 11.9 Å². The number of hydrogen-bond acceptors (Lipinski definition) is 5. The number of pyridine rings is 1. The first-order valence-electron chi connectivity index (χ1n) is 9.60. The number of rotatable bonds is 6. The Balaban J connectivity index is 1.64. The molecule has 0 saturated heterocycles. The molecule has 1 aromatic carbocycles. The van der Waals surface area contributed by atoms with E-state index in [2.05, 4.69) is 17.2 Å². The van der Waals surface area contributed by atoms with Crippen molar-refractivity contribution in [1.29, 1.82) is 0 Å². The number of amides is 1. The molecule has 1 aromatic heterocycles. The highest BCUT2D eigenvalue weighted by molar-refractivity contribution is 5.99. The van der Waals surface area contributed by atoms with Crippen LogP contribution in [0.4, 0.5) is 5.69 Å². The molecule has 0 bridgehead atoms. The van der Waals surface area contributed by atoms with Crippen molar-refractivity contribution in [1.82, 2.24) is 4.98 Å². The molecule has 1 aliphatic carbocycles. The summed E-state index contributed by atoms with van der Waals surface area (Å²) in [7, 11) is 0. The van der Waals surface area contributed by atoms with Crippen LogP contribution in [0.3, 0.4) is 0 Å². The number of carbonyl (C=O) groups is 1. The molecule has 2 aromatic rings. The molecule has 2 atom stereocenters. The zero-order chi connectivity index (χ0) is 20.5. The Morgan fingerprint density at radius 1 is 1.25 bits per heavy atom. The van der Waals surface area contributed by atoms with E-state index in [0.717, 1.165) is 11.3 Å². The van der Waals surface area contributed by atoms with Crippen LogP contribution in [0.1, 0.15) is 38.3 Å². The molecule has 6 nitrogen and oxygen atoms in total. The summed E-state index contributed by atoms with van der Waals surface area (Å²) >= 11 is 0. The van der Waals surface area contributed by atoms with E-state index in [9.17, 15) is 4.79 Å². The van der Waals surface area contributed by atoms with Gasteiger partial charge in [-0.3, -0.25) is 4.79 Å². The lowest BCUT2D eigenvalue weighted by molar-refractivity contribution is -0.166. The van der Waals surface area contributed by atoms with Gasteiger partial charge in [0.05, 0.1) is 18.0 Å². The van der Waals surface area contributed by atoms with E-state index in [0.29, 0.717) is 24.6 Å². The molecule has 3 N–H and O–H groups in total. The van der Waals surface area contributed by atoms with Gasteiger partial charge in [-0.25, -0.2) is 4.98 Å². The molecule has 0 aliphatic heterocycles. The molecule has 1 heterocycles. The van der Waals surface area contributed by atoms with Gasteiger partial charge in [-0.2, -0.15) is 0 Å². The zero-order valence-electron chi connectivity index (χ0n) is 17.2. The lowest BCUT2D eigenvalue weighted by Crippen LogP contribution is -2.74. The predicted octanol–water partition coefficient (Wildman–Crippen LogP) is 3.96. The van der Waals surface area contributed by atoms with Gasteiger partial charge in [0.2, 0.25) is 11.8 Å². The van der Waals surface area contributed by atoms with E-state index >= 15 is 0 Å². The van der Waals surface area contributed by atoms with E-state index < -0.39 is 11.0 Å². The van der Waals surface area contributed by atoms with Crippen LogP contribution in [0.5, 0.6) is 11.6 Å². The molecule has 2 unspecified atom stereocenters. The van der Waals surface area contributed by atoms with Gasteiger partial charge in [0, 0.05) is 24.5 Å². The summed E-state index contributed by atoms with van der Waals surface area (Å²) < 4.78 is 11.5. The van der Waals surface area contributed by atoms with Crippen LogP contribution in [0.15, 0.2) is 36.5 Å². The van der Waals surface area contributed by atoms with E-state index in [-0.39, 0.29) is 12.0 Å². The van der Waals surface area contributed by atoms with Crippen molar-refractivity contribution in [3.63, 3.8) is 0 Å². The zero-order valence-corrected chi connectivity index (χ0v) is 17.2. The Labute approximate surface area is 166 Å². The molecule has 3 rings (SSSR count). The number of nitrogens with one attached hydrogen (secondary N) is 1. The lowest BCUT2D eigenvalue weighted by Gasteiger charge is -2.57. The number of aryl methyl sites for hydroxylation is 2. The van der Waals surface area contributed by atoms with Gasteiger partial charge in [0.15, 0.2) is 0 Å². The van der Waals surface area contributed by atoms with Crippen LogP contribution in [0.25, 0.3) is 0 Å². The minimum absolute atomic E-state index is 0.0138. The molecule has 6 heteroatoms. The van der Waals surface area contributed by atoms with Crippen LogP contribution < -0.4 is 15.8 Å². The largest absolute Gasteiger partial charge is 0.439 e. The maximum Gasteiger partial charge on any atom is 0.245 e. The highest BCUT2D eigenvalue weighted by Gasteiger charge is 2.62. The van der Waals surface area contributed by atoms with Crippen LogP contribution >= 0.6 is 0 Å². The Hall–Kier alpha value is -2.44. The van der Waals surface area contributed by atoms with E-state index in [1.807, 2.05) is 45.9 Å². The number of ether oxygens (including phenoxy) is 2. The third-order valence-electron chi connectivity index (χ3n) is 5.93. The van der Waals surface area contributed by atoms with Crippen LogP contribution in [0.2, 0.25) is 0 Å². The van der Waals surface area contributed by atoms with E-state index in [4.69, 9.17) is 15.2 Å². The third kappa shape index (κ3) is 3.62. The average molecular weight is 383 g/mol. The minimum Gasteiger partial charge on any atom is -0.439 e. The van der Waals surface area contributed by atoms with Gasteiger partial charge in [-0.1, -0.05) is 19.9 Å². The third-order valence-corrected chi connectivity index (χ3v) is 5.93. The monoisotopic (exact) mass is 383 g/mol. The van der Waals surface area contributed by atoms with Gasteiger partial charge < -0.3 is 20.5 Å². The normalized spacial score (nSPS) is 23.0. The second-order valence-corrected chi connectivity index (χ2v) is 8.03. The summed E-state index contributed by atoms with van der Waals surface area (Å²) in [5, 5.41) is 2.87. The molecular weight excluding hydrogens is 354 g/mol. The summed E-state index contributed by atoms with van der Waals surface area (Å²) in [4.78, 5) is 17.1. The SMILES string of the molecule is CCOC1CC(N)(C(=O)Nc2ccc(Oc3ccc(C)c(C)c3)nc2)C1(C)C. The lowest BCUT2D eigenvalue weighted by atomic mass is 9.54. The van der Waals surface area contributed by atoms with Gasteiger partial charge in [-0.05, 0) is 50.1 Å². The van der Waals surface area contributed by atoms with E-state index in [1.165, 1.54) is 5.56 Å². The van der Waals surface area contributed by atoms with Crippen LogP contribution in [0, 0.1) is 19.3 Å². The second kappa shape index (κ2) is 7.53. The summed E-state index contributed by atoms with van der Waals surface area (Å²) in [5.41, 5.74) is 7.95. The highest BCUT2D eigenvalue weighted by Crippen LogP contribution is 2.50. The number of aromatic nitrogens is 1. The van der Waals surface area contributed by atoms with Crippen LogP contribution in [-0.2, 0) is 9.53 Å². The first kappa shape index (κ1) is 20.3. The Morgan fingerprint density at radius 2 is 2.00 bits per heavy atom. The molecule has 1 fully saturated rings. The van der Waals surface area contributed by atoms with Gasteiger partial charge >= 0.3 is 0 Å². The molecular formula is C22H29N3O3. The number of carbonyl (C=O) groups excluding carboxylic acids is 1. The number of anilines is 1. The maximum atomic E-state index is 12.8. The first-order valence-corrected chi connectivity index (χ1v) is 9.60. The van der Waals surface area contributed by atoms with Crippen LogP contribution in [-0.4, -0.2) is 29.1 Å².